The molecule has 1 amide bonds. The Balaban J connectivity index is 2.03. The SMILES string of the molecule is CO[NH2+]c1cc(C2CCN(C(=O)OC(C)(C)C)CC2)cc(Br)c1O. The van der Waals surface area contributed by atoms with Gasteiger partial charge in [0.05, 0.1) is 11.6 Å². The maximum absolute atomic E-state index is 12.1. The summed E-state index contributed by atoms with van der Waals surface area (Å²) in [4.78, 5) is 18.9. The molecule has 6 nitrogen and oxygen atoms in total. The van der Waals surface area contributed by atoms with E-state index in [1.165, 1.54) is 5.48 Å². The van der Waals surface area contributed by atoms with E-state index < -0.39 is 5.60 Å². The van der Waals surface area contributed by atoms with E-state index in [0.29, 0.717) is 29.2 Å². The Hall–Kier alpha value is -1.31. The molecule has 1 saturated heterocycles. The molecule has 1 aliphatic heterocycles. The van der Waals surface area contributed by atoms with Crippen LogP contribution in [0.25, 0.3) is 0 Å². The summed E-state index contributed by atoms with van der Waals surface area (Å²) in [5.41, 5.74) is 2.84. The van der Waals surface area contributed by atoms with Gasteiger partial charge in [0.1, 0.15) is 5.60 Å². The smallest absolute Gasteiger partial charge is 0.410 e. The van der Waals surface area contributed by atoms with Crippen LogP contribution in [0.5, 0.6) is 5.75 Å². The molecule has 1 aromatic carbocycles. The van der Waals surface area contributed by atoms with Gasteiger partial charge in [0, 0.05) is 19.2 Å². The number of phenolic OH excluding ortho intramolecular Hbond substituents is 1. The van der Waals surface area contributed by atoms with Gasteiger partial charge in [0.2, 0.25) is 5.69 Å². The van der Waals surface area contributed by atoms with Crippen molar-refractivity contribution in [1.82, 2.24) is 4.90 Å². The quantitative estimate of drug-likeness (QED) is 0.463. The average Bonchev–Trinajstić information content (AvgIpc) is 2.50. The Bertz CT molecular complexity index is 593. The van der Waals surface area contributed by atoms with E-state index in [9.17, 15) is 9.90 Å². The summed E-state index contributed by atoms with van der Waals surface area (Å²) >= 11 is 3.39. The number of benzene rings is 1. The number of piperidine rings is 1. The van der Waals surface area contributed by atoms with Gasteiger partial charge >= 0.3 is 6.09 Å². The van der Waals surface area contributed by atoms with Crippen molar-refractivity contribution in [3.63, 3.8) is 0 Å². The fraction of sp³-hybridized carbons (Fsp3) is 0.588. The van der Waals surface area contributed by atoms with E-state index in [1.54, 1.807) is 12.0 Å². The molecule has 0 spiro atoms. The highest BCUT2D eigenvalue weighted by molar-refractivity contribution is 9.10. The lowest BCUT2D eigenvalue weighted by Gasteiger charge is -2.33. The zero-order chi connectivity index (χ0) is 17.9. The van der Waals surface area contributed by atoms with Crippen molar-refractivity contribution in [1.29, 1.82) is 0 Å². The van der Waals surface area contributed by atoms with Crippen molar-refractivity contribution >= 4 is 27.7 Å². The van der Waals surface area contributed by atoms with E-state index in [2.05, 4.69) is 15.9 Å². The van der Waals surface area contributed by atoms with Crippen molar-refractivity contribution in [3.8, 4) is 5.75 Å². The molecule has 2 rings (SSSR count). The maximum atomic E-state index is 12.1. The number of ether oxygens (including phenoxy) is 1. The van der Waals surface area contributed by atoms with Crippen LogP contribution in [0.4, 0.5) is 10.5 Å². The van der Waals surface area contributed by atoms with E-state index >= 15 is 0 Å². The summed E-state index contributed by atoms with van der Waals surface area (Å²) in [7, 11) is 1.55. The number of aromatic hydroxyl groups is 1. The second-order valence-corrected chi connectivity index (χ2v) is 7.89. The van der Waals surface area contributed by atoms with E-state index in [0.717, 1.165) is 18.4 Å². The molecular formula is C17H26BrN2O4+. The number of quaternary nitrogens is 1. The second kappa shape index (κ2) is 7.72. The van der Waals surface area contributed by atoms with Crippen LogP contribution in [0.15, 0.2) is 16.6 Å². The zero-order valence-corrected chi connectivity index (χ0v) is 16.2. The Morgan fingerprint density at radius 3 is 2.50 bits per heavy atom. The summed E-state index contributed by atoms with van der Waals surface area (Å²) in [6, 6.07) is 3.88. The van der Waals surface area contributed by atoms with Gasteiger partial charge in [-0.05, 0) is 67.1 Å². The lowest BCUT2D eigenvalue weighted by Crippen LogP contribution is -2.76. The number of rotatable bonds is 3. The standard InChI is InChI=1S/C17H25BrN2O4/c1-17(2,3)24-16(22)20-7-5-11(6-8-20)12-9-13(18)15(21)14(10-12)19-23-4/h9-11,19,21H,5-8H2,1-4H3/p+1. The number of halogens is 1. The van der Waals surface area contributed by atoms with E-state index in [4.69, 9.17) is 9.57 Å². The Morgan fingerprint density at radius 2 is 1.96 bits per heavy atom. The molecule has 1 heterocycles. The molecule has 24 heavy (non-hydrogen) atoms. The maximum Gasteiger partial charge on any atom is 0.410 e. The molecular weight excluding hydrogens is 376 g/mol. The van der Waals surface area contributed by atoms with Gasteiger partial charge in [0.25, 0.3) is 0 Å². The summed E-state index contributed by atoms with van der Waals surface area (Å²) in [6.07, 6.45) is 1.48. The highest BCUT2D eigenvalue weighted by Gasteiger charge is 2.28. The monoisotopic (exact) mass is 401 g/mol. The molecule has 7 heteroatoms. The molecule has 0 unspecified atom stereocenters. The van der Waals surface area contributed by atoms with Crippen LogP contribution in [0, 0.1) is 0 Å². The molecule has 0 aliphatic carbocycles. The van der Waals surface area contributed by atoms with Crippen molar-refractivity contribution in [3.05, 3.63) is 22.2 Å². The Labute approximate surface area is 151 Å². The molecule has 1 fully saturated rings. The fourth-order valence-electron chi connectivity index (χ4n) is 2.82. The first-order valence-electron chi connectivity index (χ1n) is 8.07. The van der Waals surface area contributed by atoms with Gasteiger partial charge in [-0.25, -0.2) is 9.63 Å². The lowest BCUT2D eigenvalue weighted by atomic mass is 9.89. The fourth-order valence-corrected chi connectivity index (χ4v) is 3.31. The van der Waals surface area contributed by atoms with Crippen LogP contribution in [-0.4, -0.2) is 41.9 Å². The van der Waals surface area contributed by atoms with Crippen LogP contribution in [0.1, 0.15) is 45.1 Å². The van der Waals surface area contributed by atoms with Crippen LogP contribution >= 0.6 is 15.9 Å². The minimum atomic E-state index is -0.472. The number of carbonyl (C=O) groups excluding carboxylic acids is 1. The third-order valence-electron chi connectivity index (χ3n) is 3.98. The zero-order valence-electron chi connectivity index (χ0n) is 14.6. The highest BCUT2D eigenvalue weighted by Crippen LogP contribution is 2.36. The van der Waals surface area contributed by atoms with Crippen LogP contribution in [0.3, 0.4) is 0 Å². The second-order valence-electron chi connectivity index (χ2n) is 7.04. The van der Waals surface area contributed by atoms with Gasteiger partial charge in [-0.3, -0.25) is 0 Å². The van der Waals surface area contributed by atoms with E-state index in [-0.39, 0.29) is 11.8 Å². The largest absolute Gasteiger partial charge is 0.502 e. The minimum Gasteiger partial charge on any atom is -0.502 e. The van der Waals surface area contributed by atoms with Gasteiger partial charge in [0.15, 0.2) is 5.75 Å². The number of nitrogens with zero attached hydrogens (tertiary/aromatic N) is 1. The Morgan fingerprint density at radius 1 is 1.33 bits per heavy atom. The Kier molecular flexibility index (Phi) is 6.11. The molecule has 0 atom stereocenters. The molecule has 134 valence electrons. The molecule has 0 aromatic heterocycles. The first kappa shape index (κ1) is 19.0. The number of likely N-dealkylation sites (tertiary alicyclic amines) is 1. The van der Waals surface area contributed by atoms with Crippen molar-refractivity contribution < 1.29 is 25.0 Å². The van der Waals surface area contributed by atoms with Crippen LogP contribution < -0.4 is 5.48 Å². The molecule has 1 aliphatic rings. The number of nitrogens with two attached hydrogens (primary N) is 1. The van der Waals surface area contributed by atoms with E-state index in [1.807, 2.05) is 32.9 Å². The minimum absolute atomic E-state index is 0.173. The molecule has 0 bridgehead atoms. The number of hydrogen-bond donors (Lipinski definition) is 2. The predicted molar refractivity (Wildman–Crippen MR) is 94.2 cm³/mol. The summed E-state index contributed by atoms with van der Waals surface area (Å²) in [5.74, 6) is 0.511. The lowest BCUT2D eigenvalue weighted by molar-refractivity contribution is -0.830. The van der Waals surface area contributed by atoms with Gasteiger partial charge in [-0.15, -0.1) is 0 Å². The molecule has 0 radical (unpaired) electrons. The number of amides is 1. The number of carbonyl (C=O) groups is 1. The van der Waals surface area contributed by atoms with Gasteiger partial charge in [-0.1, -0.05) is 0 Å². The van der Waals surface area contributed by atoms with Crippen LogP contribution in [0.2, 0.25) is 0 Å². The average molecular weight is 402 g/mol. The predicted octanol–water partition coefficient (Wildman–Crippen LogP) is 3.03. The first-order chi connectivity index (χ1) is 11.2. The molecule has 1 aromatic rings. The summed E-state index contributed by atoms with van der Waals surface area (Å²) in [5, 5.41) is 10.0. The third kappa shape index (κ3) is 4.84. The van der Waals surface area contributed by atoms with Gasteiger partial charge < -0.3 is 14.7 Å². The van der Waals surface area contributed by atoms with Crippen molar-refractivity contribution in [2.75, 3.05) is 20.2 Å². The van der Waals surface area contributed by atoms with Crippen LogP contribution in [-0.2, 0) is 9.57 Å². The summed E-state index contributed by atoms with van der Waals surface area (Å²) in [6.45, 7) is 6.96. The highest BCUT2D eigenvalue weighted by atomic mass is 79.9. The molecule has 0 saturated carbocycles. The van der Waals surface area contributed by atoms with Crippen molar-refractivity contribution in [2.45, 2.75) is 45.1 Å². The summed E-state index contributed by atoms with van der Waals surface area (Å²) < 4.78 is 6.08. The topological polar surface area (TPSA) is 75.6 Å². The van der Waals surface area contributed by atoms with Gasteiger partial charge in [-0.2, -0.15) is 5.48 Å². The number of phenols is 1. The normalized spacial score (nSPS) is 16.3. The number of hydrogen-bond acceptors (Lipinski definition) is 4. The third-order valence-corrected chi connectivity index (χ3v) is 4.58. The first-order valence-corrected chi connectivity index (χ1v) is 8.87. The van der Waals surface area contributed by atoms with Crippen molar-refractivity contribution in [2.24, 2.45) is 0 Å². The molecule has 3 N–H and O–H groups in total.